The molecule has 0 fully saturated rings. The number of hydrogen-bond donors (Lipinski definition) is 3. The second-order valence-electron chi connectivity index (χ2n) is 7.45. The Hall–Kier alpha value is -3.99. The zero-order valence-corrected chi connectivity index (χ0v) is 19.0. The van der Waals surface area contributed by atoms with Crippen LogP contribution in [0.3, 0.4) is 0 Å². The largest absolute Gasteiger partial charge is 0.336 e. The second kappa shape index (κ2) is 8.87. The average molecular weight is 468 g/mol. The van der Waals surface area contributed by atoms with Gasteiger partial charge in [-0.25, -0.2) is 22.5 Å². The van der Waals surface area contributed by atoms with Crippen LogP contribution < -0.4 is 15.4 Å². The molecule has 0 unspecified atom stereocenters. The highest BCUT2D eigenvalue weighted by atomic mass is 32.2. The van der Waals surface area contributed by atoms with Crippen molar-refractivity contribution in [2.75, 3.05) is 21.6 Å². The SMILES string of the molecule is Cc1cc(C)n(-c2cccc(Nc3ncc(F)c(Nc4ccccc4NS(C)(=O)=O)n3)c2)n1. The summed E-state index contributed by atoms with van der Waals surface area (Å²) in [6.45, 7) is 3.90. The monoisotopic (exact) mass is 467 g/mol. The molecule has 4 rings (SSSR count). The number of halogens is 1. The van der Waals surface area contributed by atoms with Gasteiger partial charge in [-0.2, -0.15) is 10.1 Å². The van der Waals surface area contributed by atoms with Crippen LogP contribution in [0, 0.1) is 19.7 Å². The third-order valence-corrected chi connectivity index (χ3v) is 5.17. The zero-order valence-electron chi connectivity index (χ0n) is 18.2. The molecule has 0 bridgehead atoms. The molecule has 2 heterocycles. The van der Waals surface area contributed by atoms with Crippen molar-refractivity contribution in [2.24, 2.45) is 0 Å². The van der Waals surface area contributed by atoms with Crippen LogP contribution >= 0.6 is 0 Å². The van der Waals surface area contributed by atoms with Crippen LogP contribution in [-0.4, -0.2) is 34.4 Å². The van der Waals surface area contributed by atoms with Crippen LogP contribution in [0.4, 0.5) is 33.2 Å². The highest BCUT2D eigenvalue weighted by Crippen LogP contribution is 2.27. The molecule has 11 heteroatoms. The number of benzene rings is 2. The summed E-state index contributed by atoms with van der Waals surface area (Å²) in [6.07, 6.45) is 2.08. The fraction of sp³-hybridized carbons (Fsp3) is 0.136. The molecule has 2 aromatic carbocycles. The molecule has 0 atom stereocenters. The maximum absolute atomic E-state index is 14.4. The molecule has 0 aliphatic rings. The van der Waals surface area contributed by atoms with Gasteiger partial charge in [-0.1, -0.05) is 18.2 Å². The van der Waals surface area contributed by atoms with Crippen LogP contribution in [-0.2, 0) is 10.0 Å². The molecule has 0 amide bonds. The number of aromatic nitrogens is 4. The van der Waals surface area contributed by atoms with E-state index in [9.17, 15) is 12.8 Å². The smallest absolute Gasteiger partial charge is 0.229 e. The van der Waals surface area contributed by atoms with Crippen molar-refractivity contribution < 1.29 is 12.8 Å². The molecule has 33 heavy (non-hydrogen) atoms. The van der Waals surface area contributed by atoms with Gasteiger partial charge in [-0.3, -0.25) is 4.72 Å². The minimum absolute atomic E-state index is 0.107. The lowest BCUT2D eigenvalue weighted by Crippen LogP contribution is -2.11. The van der Waals surface area contributed by atoms with E-state index >= 15 is 0 Å². The van der Waals surface area contributed by atoms with E-state index in [0.717, 1.165) is 29.5 Å². The fourth-order valence-electron chi connectivity index (χ4n) is 3.26. The normalized spacial score (nSPS) is 11.3. The summed E-state index contributed by atoms with van der Waals surface area (Å²) in [5.74, 6) is -0.631. The summed E-state index contributed by atoms with van der Waals surface area (Å²) < 4.78 is 41.9. The quantitative estimate of drug-likeness (QED) is 0.372. The number of nitrogens with zero attached hydrogens (tertiary/aromatic N) is 4. The molecule has 9 nitrogen and oxygen atoms in total. The molecule has 170 valence electrons. The van der Waals surface area contributed by atoms with Gasteiger partial charge < -0.3 is 10.6 Å². The number of aryl methyl sites for hydroxylation is 2. The standard InChI is InChI=1S/C22H22FN7O2S/c1-14-11-15(2)30(28-14)17-8-6-7-16(12-17)25-22-24-13-18(23)21(27-22)26-19-9-4-5-10-20(19)29-33(3,31)32/h4-13,29H,1-3H3,(H2,24,25,26,27). The summed E-state index contributed by atoms with van der Waals surface area (Å²) in [6, 6.07) is 16.0. The number of anilines is 5. The minimum atomic E-state index is -3.52. The van der Waals surface area contributed by atoms with Crippen molar-refractivity contribution >= 4 is 38.9 Å². The van der Waals surface area contributed by atoms with Gasteiger partial charge in [0.15, 0.2) is 11.6 Å². The van der Waals surface area contributed by atoms with Crippen molar-refractivity contribution in [3.63, 3.8) is 0 Å². The zero-order chi connectivity index (χ0) is 23.6. The van der Waals surface area contributed by atoms with E-state index in [1.54, 1.807) is 24.3 Å². The summed E-state index contributed by atoms with van der Waals surface area (Å²) in [5, 5.41) is 10.4. The van der Waals surface area contributed by atoms with Crippen molar-refractivity contribution in [3.8, 4) is 5.69 Å². The van der Waals surface area contributed by atoms with Gasteiger partial charge in [-0.15, -0.1) is 0 Å². The Balaban J connectivity index is 1.59. The minimum Gasteiger partial charge on any atom is -0.336 e. The molecule has 0 saturated carbocycles. The van der Waals surface area contributed by atoms with E-state index in [0.29, 0.717) is 11.4 Å². The Labute approximate surface area is 190 Å². The third-order valence-electron chi connectivity index (χ3n) is 4.58. The lowest BCUT2D eigenvalue weighted by atomic mass is 10.2. The lowest BCUT2D eigenvalue weighted by Gasteiger charge is -2.14. The number of hydrogen-bond acceptors (Lipinski definition) is 7. The number of rotatable bonds is 7. The Bertz CT molecular complexity index is 1420. The van der Waals surface area contributed by atoms with Crippen LogP contribution in [0.25, 0.3) is 5.69 Å². The molecule has 2 aromatic heterocycles. The van der Waals surface area contributed by atoms with E-state index in [4.69, 9.17) is 0 Å². The van der Waals surface area contributed by atoms with Crippen LogP contribution in [0.5, 0.6) is 0 Å². The van der Waals surface area contributed by atoms with Crippen molar-refractivity contribution in [2.45, 2.75) is 13.8 Å². The molecule has 0 saturated heterocycles. The Morgan fingerprint density at radius 2 is 1.73 bits per heavy atom. The molecule has 0 radical (unpaired) electrons. The molecule has 3 N–H and O–H groups in total. The van der Waals surface area contributed by atoms with E-state index in [1.165, 1.54) is 0 Å². The summed E-state index contributed by atoms with van der Waals surface area (Å²) >= 11 is 0. The van der Waals surface area contributed by atoms with Gasteiger partial charge in [0.05, 0.1) is 35.2 Å². The van der Waals surface area contributed by atoms with Gasteiger partial charge in [-0.05, 0) is 50.2 Å². The highest BCUT2D eigenvalue weighted by molar-refractivity contribution is 7.92. The summed E-state index contributed by atoms with van der Waals surface area (Å²) in [4.78, 5) is 8.23. The van der Waals surface area contributed by atoms with E-state index < -0.39 is 15.8 Å². The van der Waals surface area contributed by atoms with Crippen molar-refractivity contribution in [1.82, 2.24) is 19.7 Å². The van der Waals surface area contributed by atoms with Gasteiger partial charge in [0.1, 0.15) is 0 Å². The van der Waals surface area contributed by atoms with E-state index in [2.05, 4.69) is 30.4 Å². The first kappa shape index (κ1) is 22.2. The maximum atomic E-state index is 14.4. The number of nitrogens with one attached hydrogen (secondary N) is 3. The molecular weight excluding hydrogens is 445 g/mol. The number of para-hydroxylation sites is 2. The Morgan fingerprint density at radius 1 is 0.970 bits per heavy atom. The van der Waals surface area contributed by atoms with Gasteiger partial charge in [0, 0.05) is 11.4 Å². The summed E-state index contributed by atoms with van der Waals surface area (Å²) in [7, 11) is -3.52. The number of sulfonamides is 1. The van der Waals surface area contributed by atoms with Gasteiger partial charge in [0.2, 0.25) is 16.0 Å². The predicted octanol–water partition coefficient (Wildman–Crippen LogP) is 4.28. The predicted molar refractivity (Wildman–Crippen MR) is 127 cm³/mol. The molecule has 4 aromatic rings. The Morgan fingerprint density at radius 3 is 2.42 bits per heavy atom. The van der Waals surface area contributed by atoms with E-state index in [1.807, 2.05) is 48.9 Å². The molecule has 0 aliphatic heterocycles. The first-order valence-corrected chi connectivity index (χ1v) is 11.8. The lowest BCUT2D eigenvalue weighted by molar-refractivity contribution is 0.607. The van der Waals surface area contributed by atoms with Gasteiger partial charge >= 0.3 is 0 Å². The fourth-order valence-corrected chi connectivity index (χ4v) is 3.84. The van der Waals surface area contributed by atoms with Gasteiger partial charge in [0.25, 0.3) is 0 Å². The Kier molecular flexibility index (Phi) is 5.97. The topological polar surface area (TPSA) is 114 Å². The van der Waals surface area contributed by atoms with Crippen LogP contribution in [0.2, 0.25) is 0 Å². The average Bonchev–Trinajstić information content (AvgIpc) is 3.09. The van der Waals surface area contributed by atoms with Crippen molar-refractivity contribution in [3.05, 3.63) is 78.0 Å². The maximum Gasteiger partial charge on any atom is 0.229 e. The third kappa shape index (κ3) is 5.44. The van der Waals surface area contributed by atoms with E-state index in [-0.39, 0.29) is 17.5 Å². The van der Waals surface area contributed by atoms with Crippen LogP contribution in [0.15, 0.2) is 60.8 Å². The van der Waals surface area contributed by atoms with Crippen molar-refractivity contribution in [1.29, 1.82) is 0 Å². The first-order chi connectivity index (χ1) is 15.7. The molecule has 0 aliphatic carbocycles. The van der Waals surface area contributed by atoms with Crippen LogP contribution in [0.1, 0.15) is 11.4 Å². The second-order valence-corrected chi connectivity index (χ2v) is 9.20. The highest BCUT2D eigenvalue weighted by Gasteiger charge is 2.12. The summed E-state index contributed by atoms with van der Waals surface area (Å²) in [5.41, 5.74) is 4.07. The molecule has 0 spiro atoms. The molecular formula is C22H22FN7O2S. The first-order valence-electron chi connectivity index (χ1n) is 9.95.